The summed E-state index contributed by atoms with van der Waals surface area (Å²) in [5.41, 5.74) is 0. The summed E-state index contributed by atoms with van der Waals surface area (Å²) in [6.45, 7) is 1.44. The molecule has 1 saturated heterocycles. The average Bonchev–Trinajstić information content (AvgIpc) is 1.80. The van der Waals surface area contributed by atoms with Gasteiger partial charge in [-0.15, -0.1) is 0 Å². The zero-order valence-electron chi connectivity index (χ0n) is 5.42. The van der Waals surface area contributed by atoms with Crippen molar-refractivity contribution >= 4 is 44.9 Å². The van der Waals surface area contributed by atoms with Crippen LogP contribution in [0.15, 0.2) is 0 Å². The minimum atomic E-state index is -3.45. The van der Waals surface area contributed by atoms with E-state index in [1.165, 1.54) is 6.92 Å². The molecule has 66 valence electrons. The molecule has 11 heavy (non-hydrogen) atoms. The second kappa shape index (κ2) is 2.64. The molecule has 1 heterocycles. The molecule has 1 aliphatic heterocycles. The van der Waals surface area contributed by atoms with E-state index in [1.54, 1.807) is 0 Å². The lowest BCUT2D eigenvalue weighted by atomic mass is 10.3. The van der Waals surface area contributed by atoms with E-state index >= 15 is 0 Å². The van der Waals surface area contributed by atoms with Gasteiger partial charge in [-0.1, -0.05) is 34.8 Å². The van der Waals surface area contributed by atoms with Crippen LogP contribution in [0.5, 0.6) is 0 Å². The molecular formula is C4H5Cl3O3S. The highest BCUT2D eigenvalue weighted by Crippen LogP contribution is 2.42. The van der Waals surface area contributed by atoms with Crippen LogP contribution in [-0.4, -0.2) is 23.6 Å². The predicted molar refractivity (Wildman–Crippen MR) is 43.5 cm³/mol. The van der Waals surface area contributed by atoms with Crippen molar-refractivity contribution in [1.29, 1.82) is 0 Å². The lowest BCUT2D eigenvalue weighted by molar-refractivity contribution is 0.148. The van der Waals surface area contributed by atoms with Gasteiger partial charge in [0.2, 0.25) is 3.79 Å². The van der Waals surface area contributed by atoms with Crippen molar-refractivity contribution in [2.75, 3.05) is 0 Å². The van der Waals surface area contributed by atoms with Gasteiger partial charge in [0.1, 0.15) is 11.4 Å². The minimum Gasteiger partial charge on any atom is -0.260 e. The van der Waals surface area contributed by atoms with E-state index in [4.69, 9.17) is 34.8 Å². The quantitative estimate of drug-likeness (QED) is 0.475. The molecule has 7 heteroatoms. The van der Waals surface area contributed by atoms with Crippen LogP contribution in [0.3, 0.4) is 0 Å². The molecule has 2 atom stereocenters. The molecule has 1 fully saturated rings. The van der Waals surface area contributed by atoms with Gasteiger partial charge in [-0.3, -0.25) is 4.18 Å². The molecule has 0 radical (unpaired) electrons. The van der Waals surface area contributed by atoms with Crippen molar-refractivity contribution in [2.24, 2.45) is 0 Å². The Morgan fingerprint density at radius 3 is 1.91 bits per heavy atom. The van der Waals surface area contributed by atoms with Crippen LogP contribution in [0.2, 0.25) is 0 Å². The van der Waals surface area contributed by atoms with Crippen LogP contribution in [0.25, 0.3) is 0 Å². The Morgan fingerprint density at radius 2 is 1.82 bits per heavy atom. The number of rotatable bonds is 0. The van der Waals surface area contributed by atoms with E-state index in [-0.39, 0.29) is 0 Å². The molecule has 0 N–H and O–H groups in total. The lowest BCUT2D eigenvalue weighted by Crippen LogP contribution is -2.54. The monoisotopic (exact) mass is 238 g/mol. The molecule has 3 nitrogen and oxygen atoms in total. The van der Waals surface area contributed by atoms with E-state index in [9.17, 15) is 8.42 Å². The van der Waals surface area contributed by atoms with E-state index in [0.717, 1.165) is 0 Å². The van der Waals surface area contributed by atoms with E-state index < -0.39 is 25.3 Å². The highest BCUT2D eigenvalue weighted by atomic mass is 35.6. The van der Waals surface area contributed by atoms with Crippen LogP contribution >= 0.6 is 34.8 Å². The zero-order chi connectivity index (χ0) is 8.86. The summed E-state index contributed by atoms with van der Waals surface area (Å²) >= 11 is 16.2. The highest BCUT2D eigenvalue weighted by Gasteiger charge is 2.54. The first-order valence-corrected chi connectivity index (χ1v) is 5.34. The molecule has 0 spiro atoms. The molecule has 0 saturated carbocycles. The van der Waals surface area contributed by atoms with Crippen LogP contribution in [0.4, 0.5) is 0 Å². The first kappa shape index (κ1) is 9.86. The largest absolute Gasteiger partial charge is 0.273 e. The van der Waals surface area contributed by atoms with Crippen molar-refractivity contribution in [3.63, 3.8) is 0 Å². The summed E-state index contributed by atoms with van der Waals surface area (Å²) in [6, 6.07) is 0. The van der Waals surface area contributed by atoms with Gasteiger partial charge < -0.3 is 0 Å². The molecule has 0 amide bonds. The zero-order valence-corrected chi connectivity index (χ0v) is 8.51. The first-order chi connectivity index (χ1) is 4.75. The Hall–Kier alpha value is 0.780. The summed E-state index contributed by atoms with van der Waals surface area (Å²) < 4.78 is 24.1. The topological polar surface area (TPSA) is 43.4 Å². The fourth-order valence-electron chi connectivity index (χ4n) is 0.728. The smallest absolute Gasteiger partial charge is 0.260 e. The Kier molecular flexibility index (Phi) is 2.36. The summed E-state index contributed by atoms with van der Waals surface area (Å²) in [6.07, 6.45) is -0.850. The lowest BCUT2D eigenvalue weighted by Gasteiger charge is -2.37. The summed E-state index contributed by atoms with van der Waals surface area (Å²) in [7, 11) is -3.45. The average molecular weight is 240 g/mol. The van der Waals surface area contributed by atoms with Gasteiger partial charge in [-0.2, -0.15) is 8.42 Å². The van der Waals surface area contributed by atoms with E-state index in [2.05, 4.69) is 4.18 Å². The third kappa shape index (κ3) is 1.75. The molecule has 0 aromatic rings. The summed E-state index contributed by atoms with van der Waals surface area (Å²) in [5, 5.41) is -0.741. The van der Waals surface area contributed by atoms with Crippen LogP contribution < -0.4 is 0 Å². The maximum Gasteiger partial charge on any atom is 0.273 e. The van der Waals surface area contributed by atoms with Gasteiger partial charge in [0.15, 0.2) is 0 Å². The molecule has 0 bridgehead atoms. The fourth-order valence-corrected chi connectivity index (χ4v) is 2.98. The third-order valence-corrected chi connectivity index (χ3v) is 3.72. The molecule has 0 aromatic heterocycles. The van der Waals surface area contributed by atoms with Crippen molar-refractivity contribution < 1.29 is 12.6 Å². The summed E-state index contributed by atoms with van der Waals surface area (Å²) in [5.74, 6) is 0. The minimum absolute atomic E-state index is 0.741. The van der Waals surface area contributed by atoms with Crippen LogP contribution in [0.1, 0.15) is 6.92 Å². The first-order valence-electron chi connectivity index (χ1n) is 2.74. The van der Waals surface area contributed by atoms with Crippen LogP contribution in [0, 0.1) is 0 Å². The third-order valence-electron chi connectivity index (χ3n) is 1.44. The van der Waals surface area contributed by atoms with Gasteiger partial charge >= 0.3 is 0 Å². The molecule has 0 aliphatic carbocycles. The van der Waals surface area contributed by atoms with Gasteiger partial charge in [-0.05, 0) is 6.92 Å². The molecule has 0 unspecified atom stereocenters. The molecule has 0 aromatic carbocycles. The number of halogens is 3. The van der Waals surface area contributed by atoms with Crippen LogP contribution in [-0.2, 0) is 14.3 Å². The summed E-state index contributed by atoms with van der Waals surface area (Å²) in [4.78, 5) is 0. The Balaban J connectivity index is 2.74. The fraction of sp³-hybridized carbons (Fsp3) is 1.00. The predicted octanol–water partition coefficient (Wildman–Crippen LogP) is 1.47. The van der Waals surface area contributed by atoms with Crippen molar-refractivity contribution in [2.45, 2.75) is 22.1 Å². The molecule has 1 rings (SSSR count). The van der Waals surface area contributed by atoms with Gasteiger partial charge in [-0.25, -0.2) is 0 Å². The highest BCUT2D eigenvalue weighted by molar-refractivity contribution is 7.88. The second-order valence-corrected chi connectivity index (χ2v) is 6.55. The molecule has 1 aliphatic rings. The maximum absolute atomic E-state index is 10.7. The van der Waals surface area contributed by atoms with Crippen molar-refractivity contribution in [3.05, 3.63) is 0 Å². The Morgan fingerprint density at radius 1 is 1.36 bits per heavy atom. The van der Waals surface area contributed by atoms with Crippen molar-refractivity contribution in [1.82, 2.24) is 0 Å². The van der Waals surface area contributed by atoms with Crippen molar-refractivity contribution in [3.8, 4) is 0 Å². The maximum atomic E-state index is 10.7. The number of hydrogen-bond acceptors (Lipinski definition) is 3. The van der Waals surface area contributed by atoms with E-state index in [1.807, 2.05) is 0 Å². The number of hydrogen-bond donors (Lipinski definition) is 0. The SMILES string of the molecule is C[C@@H]1[C@H](C(Cl)(Cl)Cl)OS1(=O)=O. The number of alkyl halides is 3. The Labute approximate surface area is 79.7 Å². The molecular weight excluding hydrogens is 234 g/mol. The normalized spacial score (nSPS) is 36.4. The second-order valence-electron chi connectivity index (χ2n) is 2.26. The van der Waals surface area contributed by atoms with Gasteiger partial charge in [0.05, 0.1) is 0 Å². The van der Waals surface area contributed by atoms with E-state index in [0.29, 0.717) is 0 Å². The standard InChI is InChI=1S/C4H5Cl3O3S/c1-2-3(4(5,6)7)10-11(2,8)9/h2-3H,1H3/t2-,3-/m1/s1. The van der Waals surface area contributed by atoms with Gasteiger partial charge in [0, 0.05) is 0 Å². The Bertz CT molecular complexity index is 254. The van der Waals surface area contributed by atoms with Gasteiger partial charge in [0.25, 0.3) is 10.1 Å².